The molecule has 0 spiro atoms. The number of ether oxygens (including phenoxy) is 3. The van der Waals surface area contributed by atoms with Crippen molar-refractivity contribution in [2.75, 3.05) is 20.3 Å². The van der Waals surface area contributed by atoms with Gasteiger partial charge in [0.15, 0.2) is 5.92 Å². The lowest BCUT2D eigenvalue weighted by Gasteiger charge is -2.08. The molecule has 0 aromatic heterocycles. The molecule has 0 radical (unpaired) electrons. The normalized spacial score (nSPS) is 9.25. The van der Waals surface area contributed by atoms with Crippen LogP contribution < -0.4 is 4.74 Å². The standard InChI is InChI=1S/C8H14O4.C7H8O/c1-4-11-7(9)6(3)8(10)12-5-2;1-8-7-5-3-2-4-6-7/h6H,4-5H2,1-3H3;2-6H,1H3. The summed E-state index contributed by atoms with van der Waals surface area (Å²) in [6, 6.07) is 9.68. The molecule has 1 aromatic rings. The highest BCUT2D eigenvalue weighted by Gasteiger charge is 2.23. The molecule has 1 aromatic carbocycles. The van der Waals surface area contributed by atoms with Gasteiger partial charge in [0.05, 0.1) is 20.3 Å². The number of rotatable bonds is 5. The van der Waals surface area contributed by atoms with Gasteiger partial charge in [-0.1, -0.05) is 18.2 Å². The highest BCUT2D eigenvalue weighted by Crippen LogP contribution is 2.05. The van der Waals surface area contributed by atoms with E-state index in [1.54, 1.807) is 21.0 Å². The van der Waals surface area contributed by atoms with Gasteiger partial charge in [-0.05, 0) is 32.9 Å². The van der Waals surface area contributed by atoms with E-state index >= 15 is 0 Å². The topological polar surface area (TPSA) is 61.8 Å². The van der Waals surface area contributed by atoms with Crippen molar-refractivity contribution >= 4 is 11.9 Å². The van der Waals surface area contributed by atoms with E-state index in [4.69, 9.17) is 4.74 Å². The largest absolute Gasteiger partial charge is 0.497 e. The molecule has 0 atom stereocenters. The van der Waals surface area contributed by atoms with Crippen LogP contribution in [0.3, 0.4) is 0 Å². The van der Waals surface area contributed by atoms with Crippen molar-refractivity contribution in [3.63, 3.8) is 0 Å². The number of hydrogen-bond acceptors (Lipinski definition) is 5. The summed E-state index contributed by atoms with van der Waals surface area (Å²) in [4.78, 5) is 21.9. The fraction of sp³-hybridized carbons (Fsp3) is 0.467. The lowest BCUT2D eigenvalue weighted by Crippen LogP contribution is -2.25. The lowest BCUT2D eigenvalue weighted by molar-refractivity contribution is -0.160. The van der Waals surface area contributed by atoms with Gasteiger partial charge in [-0.2, -0.15) is 0 Å². The highest BCUT2D eigenvalue weighted by atomic mass is 16.6. The van der Waals surface area contributed by atoms with E-state index in [1.807, 2.05) is 30.3 Å². The Morgan fingerprint density at radius 3 is 1.75 bits per heavy atom. The van der Waals surface area contributed by atoms with E-state index in [1.165, 1.54) is 6.92 Å². The first-order valence-corrected chi connectivity index (χ1v) is 6.49. The summed E-state index contributed by atoms with van der Waals surface area (Å²) in [6.45, 7) is 5.41. The number of methoxy groups -OCH3 is 1. The number of carbonyl (C=O) groups is 2. The Morgan fingerprint density at radius 2 is 1.45 bits per heavy atom. The monoisotopic (exact) mass is 282 g/mol. The van der Waals surface area contributed by atoms with Crippen LogP contribution in [0.15, 0.2) is 30.3 Å². The summed E-state index contributed by atoms with van der Waals surface area (Å²) in [7, 11) is 1.66. The van der Waals surface area contributed by atoms with E-state index in [-0.39, 0.29) is 13.2 Å². The molecule has 0 bridgehead atoms. The second-order valence-corrected chi connectivity index (χ2v) is 3.74. The first kappa shape index (κ1) is 18.0. The molecule has 20 heavy (non-hydrogen) atoms. The summed E-state index contributed by atoms with van der Waals surface area (Å²) < 4.78 is 14.2. The van der Waals surface area contributed by atoms with Gasteiger partial charge in [0.2, 0.25) is 0 Å². The van der Waals surface area contributed by atoms with Gasteiger partial charge < -0.3 is 14.2 Å². The van der Waals surface area contributed by atoms with Crippen LogP contribution in [0.25, 0.3) is 0 Å². The van der Waals surface area contributed by atoms with Crippen molar-refractivity contribution in [3.8, 4) is 5.75 Å². The Balaban J connectivity index is 0.000000388. The van der Waals surface area contributed by atoms with Crippen LogP contribution in [0, 0.1) is 5.92 Å². The second-order valence-electron chi connectivity index (χ2n) is 3.74. The molecule has 0 saturated carbocycles. The molecule has 0 unspecified atom stereocenters. The van der Waals surface area contributed by atoms with Crippen LogP contribution in [-0.4, -0.2) is 32.3 Å². The van der Waals surface area contributed by atoms with Crippen molar-refractivity contribution in [2.45, 2.75) is 20.8 Å². The number of para-hydroxylation sites is 1. The van der Waals surface area contributed by atoms with Gasteiger partial charge in [-0.3, -0.25) is 9.59 Å². The maximum Gasteiger partial charge on any atom is 0.320 e. The van der Waals surface area contributed by atoms with Crippen molar-refractivity contribution in [1.29, 1.82) is 0 Å². The van der Waals surface area contributed by atoms with Crippen molar-refractivity contribution in [2.24, 2.45) is 5.92 Å². The molecule has 0 aliphatic carbocycles. The third kappa shape index (κ3) is 7.41. The smallest absolute Gasteiger partial charge is 0.320 e. The van der Waals surface area contributed by atoms with Crippen molar-refractivity contribution < 1.29 is 23.8 Å². The summed E-state index contributed by atoms with van der Waals surface area (Å²) in [5.74, 6) is -0.968. The van der Waals surface area contributed by atoms with Crippen molar-refractivity contribution in [1.82, 2.24) is 0 Å². The minimum absolute atomic E-state index is 0.280. The Morgan fingerprint density at radius 1 is 1.00 bits per heavy atom. The molecule has 5 heteroatoms. The number of benzene rings is 1. The van der Waals surface area contributed by atoms with Gasteiger partial charge in [-0.25, -0.2) is 0 Å². The van der Waals surface area contributed by atoms with Gasteiger partial charge in [0, 0.05) is 0 Å². The molecule has 0 aliphatic heterocycles. The van der Waals surface area contributed by atoms with E-state index in [9.17, 15) is 9.59 Å². The summed E-state index contributed by atoms with van der Waals surface area (Å²) in [5, 5.41) is 0. The van der Waals surface area contributed by atoms with E-state index < -0.39 is 17.9 Å². The zero-order valence-corrected chi connectivity index (χ0v) is 12.4. The summed E-state index contributed by atoms with van der Waals surface area (Å²) >= 11 is 0. The second kappa shape index (κ2) is 10.8. The average Bonchev–Trinajstić information content (AvgIpc) is 2.48. The van der Waals surface area contributed by atoms with Crippen LogP contribution in [-0.2, 0) is 19.1 Å². The molecule has 0 heterocycles. The van der Waals surface area contributed by atoms with Gasteiger partial charge in [0.1, 0.15) is 5.75 Å². The Labute approximate surface area is 119 Å². The fourth-order valence-corrected chi connectivity index (χ4v) is 1.19. The molecule has 1 rings (SSSR count). The molecular weight excluding hydrogens is 260 g/mol. The molecule has 0 amide bonds. The van der Waals surface area contributed by atoms with E-state index in [0.29, 0.717) is 0 Å². The molecule has 112 valence electrons. The molecule has 5 nitrogen and oxygen atoms in total. The lowest BCUT2D eigenvalue weighted by atomic mass is 10.2. The molecule has 0 saturated heterocycles. The summed E-state index contributed by atoms with van der Waals surface area (Å²) in [5.41, 5.74) is 0. The minimum Gasteiger partial charge on any atom is -0.497 e. The van der Waals surface area contributed by atoms with Gasteiger partial charge in [-0.15, -0.1) is 0 Å². The first-order chi connectivity index (χ1) is 9.56. The maximum absolute atomic E-state index is 10.9. The van der Waals surface area contributed by atoms with Crippen LogP contribution >= 0.6 is 0 Å². The zero-order valence-electron chi connectivity index (χ0n) is 12.4. The van der Waals surface area contributed by atoms with E-state index in [0.717, 1.165) is 5.75 Å². The Bertz CT molecular complexity index is 371. The third-order valence-corrected chi connectivity index (χ3v) is 2.26. The predicted octanol–water partition coefficient (Wildman–Crippen LogP) is 2.44. The third-order valence-electron chi connectivity index (χ3n) is 2.26. The zero-order chi connectivity index (χ0) is 15.4. The summed E-state index contributed by atoms with van der Waals surface area (Å²) in [6.07, 6.45) is 0. The predicted molar refractivity (Wildman–Crippen MR) is 75.4 cm³/mol. The highest BCUT2D eigenvalue weighted by molar-refractivity contribution is 5.94. The fourth-order valence-electron chi connectivity index (χ4n) is 1.19. The molecular formula is C15H22O5. The van der Waals surface area contributed by atoms with E-state index in [2.05, 4.69) is 9.47 Å². The SMILES string of the molecule is CCOC(=O)C(C)C(=O)OCC.COc1ccccc1. The number of carbonyl (C=O) groups excluding carboxylic acids is 2. The number of esters is 2. The van der Waals surface area contributed by atoms with Gasteiger partial charge >= 0.3 is 11.9 Å². The van der Waals surface area contributed by atoms with Crippen molar-refractivity contribution in [3.05, 3.63) is 30.3 Å². The van der Waals surface area contributed by atoms with Crippen LogP contribution in [0.1, 0.15) is 20.8 Å². The Kier molecular flexibility index (Phi) is 9.74. The molecule has 0 aliphatic rings. The minimum atomic E-state index is -0.815. The molecule has 0 N–H and O–H groups in total. The van der Waals surface area contributed by atoms with Crippen LogP contribution in [0.5, 0.6) is 5.75 Å². The first-order valence-electron chi connectivity index (χ1n) is 6.49. The Hall–Kier alpha value is -2.04. The van der Waals surface area contributed by atoms with Gasteiger partial charge in [0.25, 0.3) is 0 Å². The number of hydrogen-bond donors (Lipinski definition) is 0. The van der Waals surface area contributed by atoms with Crippen LogP contribution in [0.2, 0.25) is 0 Å². The average molecular weight is 282 g/mol. The quantitative estimate of drug-likeness (QED) is 0.613. The van der Waals surface area contributed by atoms with Crippen LogP contribution in [0.4, 0.5) is 0 Å². The maximum atomic E-state index is 10.9. The molecule has 0 fully saturated rings.